The normalized spacial score (nSPS) is 12.5. The number of nitrogens with one attached hydrogen (secondary N) is 3. The highest BCUT2D eigenvalue weighted by atomic mass is 16.5. The maximum absolute atomic E-state index is 11.9. The van der Waals surface area contributed by atoms with E-state index < -0.39 is 0 Å². The minimum atomic E-state index is -0.161. The van der Waals surface area contributed by atoms with Crippen LogP contribution >= 0.6 is 0 Å². The minimum Gasteiger partial charge on any atom is -0.453 e. The van der Waals surface area contributed by atoms with Crippen molar-refractivity contribution in [3.63, 3.8) is 0 Å². The van der Waals surface area contributed by atoms with E-state index in [1.165, 1.54) is 0 Å². The second-order valence-electron chi connectivity index (χ2n) is 41.8. The molecule has 0 spiro atoms. The van der Waals surface area contributed by atoms with Crippen LogP contribution in [-0.4, -0.2) is 40.1 Å². The lowest BCUT2D eigenvalue weighted by Crippen LogP contribution is -2.10. The Bertz CT molecular complexity index is 7050. The maximum Gasteiger partial charge on any atom is 0.185 e. The molecule has 6 bridgehead atoms. The first-order valence-corrected chi connectivity index (χ1v) is 44.2. The van der Waals surface area contributed by atoms with Crippen molar-refractivity contribution in [3.05, 3.63) is 293 Å². The summed E-state index contributed by atoms with van der Waals surface area (Å²) in [5, 5.41) is 25.8. The zero-order chi connectivity index (χ0) is 91.8. The lowest BCUT2D eigenvalue weighted by molar-refractivity contribution is 0.418. The van der Waals surface area contributed by atoms with Crippen molar-refractivity contribution in [2.75, 3.05) is 0 Å². The Morgan fingerprint density at radius 2 is 0.380 bits per heavy atom. The van der Waals surface area contributed by atoms with Gasteiger partial charge < -0.3 is 52.8 Å². The second kappa shape index (κ2) is 33.7. The smallest absolute Gasteiger partial charge is 0.185 e. The summed E-state index contributed by atoms with van der Waals surface area (Å²) >= 11 is 0. The lowest BCUT2D eigenvalue weighted by Gasteiger charge is -2.20. The Morgan fingerprint density at radius 1 is 0.209 bits per heavy atom. The minimum absolute atomic E-state index is 0.0372. The van der Waals surface area contributed by atoms with Gasteiger partial charge in [0.2, 0.25) is 0 Å². The van der Waals surface area contributed by atoms with Gasteiger partial charge in [-0.25, -0.2) is 15.0 Å². The molecule has 17 heteroatoms. The molecule has 0 aliphatic rings. The van der Waals surface area contributed by atoms with Crippen LogP contribution in [0.4, 0.5) is 0 Å². The van der Waals surface area contributed by atoms with E-state index in [2.05, 4.69) is 272 Å². The third kappa shape index (κ3) is 19.8. The predicted octanol–water partition coefficient (Wildman–Crippen LogP) is 31.5. The van der Waals surface area contributed by atoms with E-state index in [1.54, 1.807) is 12.1 Å². The third-order valence-corrected chi connectivity index (χ3v) is 23.4. The fourth-order valence-corrected chi connectivity index (χ4v) is 15.4. The van der Waals surface area contributed by atoms with Crippen LogP contribution in [0.1, 0.15) is 216 Å². The molecule has 656 valence electrons. The number of ether oxygens (including phenoxy) is 8. The van der Waals surface area contributed by atoms with Crippen LogP contribution in [0.15, 0.2) is 243 Å². The van der Waals surface area contributed by atoms with E-state index >= 15 is 0 Å². The summed E-state index contributed by atoms with van der Waals surface area (Å²) in [6, 6.07) is 82.0. The van der Waals surface area contributed by atoms with Crippen molar-refractivity contribution in [1.29, 1.82) is 5.26 Å². The van der Waals surface area contributed by atoms with Gasteiger partial charge in [-0.3, -0.25) is 0 Å². The van der Waals surface area contributed by atoms with Crippen LogP contribution in [0.2, 0.25) is 0 Å². The van der Waals surface area contributed by atoms with Gasteiger partial charge in [0.15, 0.2) is 57.5 Å². The first-order valence-electron chi connectivity index (χ1n) is 44.2. The molecule has 3 N–H and O–H groups in total. The fourth-order valence-electron chi connectivity index (χ4n) is 15.4. The molecule has 0 aliphatic heterocycles. The van der Waals surface area contributed by atoms with Crippen molar-refractivity contribution >= 4 is 66.2 Å². The summed E-state index contributed by atoms with van der Waals surface area (Å²) < 4.78 is 56.5. The lowest BCUT2D eigenvalue weighted by atomic mass is 9.87. The van der Waals surface area contributed by atoms with Crippen LogP contribution in [0.25, 0.3) is 77.6 Å². The third-order valence-electron chi connectivity index (χ3n) is 23.4. The van der Waals surface area contributed by atoms with E-state index in [9.17, 15) is 5.26 Å². The second-order valence-corrected chi connectivity index (χ2v) is 41.8. The standard InChI is InChI=1S/C112H115N9O8/c1-105(2,3)67-25-41-75(42-26-67)122-90-57-66(65-113)83(58-91(90)123-76-43-27-68(28-44-76)106(4,5)6)103-118-101-87-62-95(127-80-51-35-72(36-52-80)110(16,17)18)94(126-79-49-33-71(34-50-79)109(13,14)15)61-86(87)100(116-101)115-98-84-59-92(124-77-45-29-69(30-46-77)107(7,8)9)93(125-78-47-31-70(32-48-78)108(10,11)12)60-85(84)99(114-98)117-102-88-63-96(128-81-53-37-73(38-54-81)111(19,20)21)97(64-89(88)104(119-102)121-120-103)129-82-55-39-74(40-56-82)112(22,23)24/h25-64H,1-24H3,(H3,114,115,116,117,118,119,120,121). The van der Waals surface area contributed by atoms with Crippen LogP contribution in [0, 0.1) is 11.3 Å². The van der Waals surface area contributed by atoms with Gasteiger partial charge >= 0.3 is 0 Å². The van der Waals surface area contributed by atoms with Crippen molar-refractivity contribution in [1.82, 2.24) is 40.1 Å². The zero-order valence-electron chi connectivity index (χ0n) is 78.5. The predicted molar refractivity (Wildman–Crippen MR) is 522 cm³/mol. The maximum atomic E-state index is 11.9. The molecule has 0 fully saturated rings. The summed E-state index contributed by atoms with van der Waals surface area (Å²) in [5.41, 5.74) is 10.1. The largest absolute Gasteiger partial charge is 0.453 e. The average molecular weight is 1720 g/mol. The van der Waals surface area contributed by atoms with Crippen molar-refractivity contribution in [3.8, 4) is 109 Å². The van der Waals surface area contributed by atoms with Crippen LogP contribution in [0.3, 0.4) is 0 Å². The highest BCUT2D eigenvalue weighted by Gasteiger charge is 2.28. The molecular formula is C112H115N9O8. The summed E-state index contributed by atoms with van der Waals surface area (Å²) in [4.78, 5) is 28.2. The Kier molecular flexibility index (Phi) is 23.1. The summed E-state index contributed by atoms with van der Waals surface area (Å²) in [6.45, 7) is 52.3. The number of hydrogen-bond donors (Lipinski definition) is 3. The van der Waals surface area contributed by atoms with Crippen LogP contribution in [-0.2, 0) is 43.3 Å². The Morgan fingerprint density at radius 3 is 0.574 bits per heavy atom. The summed E-state index contributed by atoms with van der Waals surface area (Å²) in [5.74, 6) is 7.10. The number of nitriles is 1. The number of rotatable bonds is 17. The monoisotopic (exact) mass is 1710 g/mol. The van der Waals surface area contributed by atoms with Crippen molar-refractivity contribution in [2.24, 2.45) is 0 Å². The van der Waals surface area contributed by atoms with Gasteiger partial charge in [0.1, 0.15) is 80.3 Å². The van der Waals surface area contributed by atoms with E-state index in [4.69, 9.17) is 63.0 Å². The van der Waals surface area contributed by atoms with Crippen molar-refractivity contribution in [2.45, 2.75) is 209 Å². The molecule has 17 nitrogen and oxygen atoms in total. The molecular weight excluding hydrogens is 1600 g/mol. The molecule has 4 heterocycles. The SMILES string of the molecule is CC(C)(C)c1ccc(Oc2cc(C#N)c(-c3nnc4[nH]c(nc5[nH]c(nc6[nH]c(n3)c3cc(Oc7ccc(C(C)(C)C)cc7)c(Oc7ccc(C(C)(C)C)cc7)cc63)c3cc(Oc6ccc(C(C)(C)C)cc6)c(Oc6ccc(C(C)(C)C)cc6)cc53)c3cc(Oc5ccc(C(C)(C)C)cc5)c(Oc5ccc(C(C)(C)C)cc5)cc43)cc2Oc2ccc(C(C)(C)C)cc2)cc1. The first-order chi connectivity index (χ1) is 60.8. The first kappa shape index (κ1) is 88.5. The molecule has 0 radical (unpaired) electrons. The Hall–Kier alpha value is -14.0. The van der Waals surface area contributed by atoms with E-state index in [0.29, 0.717) is 135 Å². The van der Waals surface area contributed by atoms with E-state index in [-0.39, 0.29) is 83.1 Å². The molecule has 16 aromatic rings. The topological polar surface area (TPSA) is 209 Å². The molecule has 0 aliphatic carbocycles. The fraction of sp³-hybridized carbons (Fsp3) is 0.286. The number of H-pyrrole nitrogens is 3. The van der Waals surface area contributed by atoms with E-state index in [1.807, 2.05) is 146 Å². The molecule has 0 unspecified atom stereocenters. The van der Waals surface area contributed by atoms with Gasteiger partial charge in [-0.1, -0.05) is 263 Å². The highest BCUT2D eigenvalue weighted by Crippen LogP contribution is 2.49. The van der Waals surface area contributed by atoms with Gasteiger partial charge in [-0.2, -0.15) is 5.26 Å². The van der Waals surface area contributed by atoms with Crippen molar-refractivity contribution < 1.29 is 37.9 Å². The molecule has 12 aromatic carbocycles. The zero-order valence-corrected chi connectivity index (χ0v) is 78.5. The van der Waals surface area contributed by atoms with E-state index in [0.717, 1.165) is 44.5 Å². The molecule has 0 saturated heterocycles. The molecule has 0 amide bonds. The molecule has 16 rings (SSSR count). The Balaban J connectivity index is 1.04. The molecule has 4 aromatic heterocycles. The number of aromatic nitrogens is 8. The molecule has 0 saturated carbocycles. The molecule has 0 atom stereocenters. The number of hydrogen-bond acceptors (Lipinski definition) is 14. The van der Waals surface area contributed by atoms with Crippen LogP contribution in [0.5, 0.6) is 92.0 Å². The summed E-state index contributed by atoms with van der Waals surface area (Å²) in [7, 11) is 0. The van der Waals surface area contributed by atoms with Gasteiger partial charge in [0.05, 0.1) is 5.56 Å². The quantitative estimate of drug-likeness (QED) is 0.0775. The number of fused-ring (bicyclic) bond motifs is 15. The number of aromatic amines is 3. The highest BCUT2D eigenvalue weighted by molar-refractivity contribution is 6.11. The van der Waals surface area contributed by atoms with Gasteiger partial charge in [0, 0.05) is 43.9 Å². The van der Waals surface area contributed by atoms with Gasteiger partial charge in [-0.15, -0.1) is 10.2 Å². The van der Waals surface area contributed by atoms with Gasteiger partial charge in [0.25, 0.3) is 0 Å². The van der Waals surface area contributed by atoms with Crippen LogP contribution < -0.4 is 37.9 Å². The van der Waals surface area contributed by atoms with Gasteiger partial charge in [-0.05, 0) is 227 Å². The average Bonchev–Trinajstić information content (AvgIpc) is 1.59. The number of benzene rings is 12. The Labute approximate surface area is 756 Å². The number of nitrogens with zero attached hydrogens (tertiary/aromatic N) is 6. The molecule has 129 heavy (non-hydrogen) atoms. The summed E-state index contributed by atoms with van der Waals surface area (Å²) in [6.07, 6.45) is 0.